The maximum absolute atomic E-state index is 10.8. The summed E-state index contributed by atoms with van der Waals surface area (Å²) in [4.78, 5) is 10.8. The van der Waals surface area contributed by atoms with Crippen molar-refractivity contribution in [1.82, 2.24) is 0 Å². The van der Waals surface area contributed by atoms with Gasteiger partial charge in [0, 0.05) is 13.2 Å². The Balaban J connectivity index is 3.24. The molecule has 0 aromatic rings. The Labute approximate surface area is 111 Å². The van der Waals surface area contributed by atoms with Gasteiger partial charge in [0.25, 0.3) is 0 Å². The maximum atomic E-state index is 10.8. The lowest BCUT2D eigenvalue weighted by molar-refractivity contribution is -0.142. The fourth-order valence-electron chi connectivity index (χ4n) is 1.71. The second-order valence-electron chi connectivity index (χ2n) is 5.21. The van der Waals surface area contributed by atoms with Crippen LogP contribution in [0.3, 0.4) is 0 Å². The van der Waals surface area contributed by atoms with Gasteiger partial charge in [0.15, 0.2) is 0 Å². The molecule has 0 amide bonds. The molecule has 0 saturated heterocycles. The minimum Gasteiger partial charge on any atom is -0.480 e. The minimum absolute atomic E-state index is 0.502. The summed E-state index contributed by atoms with van der Waals surface area (Å²) in [7, 11) is 0. The van der Waals surface area contributed by atoms with Gasteiger partial charge < -0.3 is 15.6 Å². The molecular weight excluding hydrogens is 230 g/mol. The Morgan fingerprint density at radius 2 is 1.67 bits per heavy atom. The predicted octanol–water partition coefficient (Wildman–Crippen LogP) is 2.95. The largest absolute Gasteiger partial charge is 0.480 e. The fraction of sp³-hybridized carbons (Fsp3) is 0.929. The molecule has 108 valence electrons. The molecular formula is C14H29NO3. The molecule has 4 heteroatoms. The third kappa shape index (κ3) is 9.42. The van der Waals surface area contributed by atoms with Crippen LogP contribution in [0.2, 0.25) is 0 Å². The van der Waals surface area contributed by atoms with Crippen LogP contribution in [0.15, 0.2) is 0 Å². The van der Waals surface area contributed by atoms with Gasteiger partial charge in [-0.15, -0.1) is 0 Å². The molecule has 0 radical (unpaired) electrons. The van der Waals surface area contributed by atoms with Gasteiger partial charge in [-0.2, -0.15) is 0 Å². The number of rotatable bonds is 12. The Morgan fingerprint density at radius 3 is 2.22 bits per heavy atom. The average molecular weight is 259 g/mol. The Kier molecular flexibility index (Phi) is 9.98. The van der Waals surface area contributed by atoms with Crippen LogP contribution in [-0.4, -0.2) is 29.8 Å². The first-order valence-corrected chi connectivity index (χ1v) is 7.10. The first kappa shape index (κ1) is 17.4. The van der Waals surface area contributed by atoms with Crippen LogP contribution >= 0.6 is 0 Å². The van der Waals surface area contributed by atoms with Crippen molar-refractivity contribution in [3.8, 4) is 0 Å². The normalized spacial score (nSPS) is 14.4. The Morgan fingerprint density at radius 1 is 1.11 bits per heavy atom. The molecule has 1 unspecified atom stereocenters. The van der Waals surface area contributed by atoms with Crippen molar-refractivity contribution in [2.24, 2.45) is 5.73 Å². The zero-order valence-corrected chi connectivity index (χ0v) is 11.9. The topological polar surface area (TPSA) is 72.5 Å². The molecule has 18 heavy (non-hydrogen) atoms. The van der Waals surface area contributed by atoms with E-state index in [1.54, 1.807) is 6.92 Å². The maximum Gasteiger partial charge on any atom is 0.323 e. The van der Waals surface area contributed by atoms with Gasteiger partial charge in [0.1, 0.15) is 5.54 Å². The highest BCUT2D eigenvalue weighted by Gasteiger charge is 2.26. The number of aliphatic carboxylic acids is 1. The number of unbranched alkanes of at least 4 members (excludes halogenated alkanes) is 5. The van der Waals surface area contributed by atoms with E-state index in [4.69, 9.17) is 15.6 Å². The molecule has 0 bridgehead atoms. The van der Waals surface area contributed by atoms with Crippen molar-refractivity contribution in [2.75, 3.05) is 13.2 Å². The fourth-order valence-corrected chi connectivity index (χ4v) is 1.71. The highest BCUT2D eigenvalue weighted by atomic mass is 16.5. The second-order valence-corrected chi connectivity index (χ2v) is 5.21. The van der Waals surface area contributed by atoms with E-state index in [2.05, 4.69) is 6.92 Å². The average Bonchev–Trinajstić information content (AvgIpc) is 2.31. The summed E-state index contributed by atoms with van der Waals surface area (Å²) in [5.74, 6) is -0.931. The highest BCUT2D eigenvalue weighted by molar-refractivity contribution is 5.77. The first-order chi connectivity index (χ1) is 8.50. The van der Waals surface area contributed by atoms with E-state index in [1.807, 2.05) is 0 Å². The predicted molar refractivity (Wildman–Crippen MR) is 73.7 cm³/mol. The highest BCUT2D eigenvalue weighted by Crippen LogP contribution is 2.11. The van der Waals surface area contributed by atoms with Gasteiger partial charge in [-0.05, 0) is 32.6 Å². The van der Waals surface area contributed by atoms with Crippen LogP contribution < -0.4 is 5.73 Å². The smallest absolute Gasteiger partial charge is 0.323 e. The van der Waals surface area contributed by atoms with E-state index in [0.717, 1.165) is 25.9 Å². The van der Waals surface area contributed by atoms with Crippen molar-refractivity contribution >= 4 is 5.97 Å². The molecule has 0 aromatic heterocycles. The molecule has 0 saturated carbocycles. The zero-order chi connectivity index (χ0) is 13.9. The third-order valence-corrected chi connectivity index (χ3v) is 3.12. The van der Waals surface area contributed by atoms with Gasteiger partial charge >= 0.3 is 5.97 Å². The summed E-state index contributed by atoms with van der Waals surface area (Å²) in [5, 5.41) is 8.83. The van der Waals surface area contributed by atoms with Crippen LogP contribution in [0.5, 0.6) is 0 Å². The lowest BCUT2D eigenvalue weighted by atomic mass is 9.97. The van der Waals surface area contributed by atoms with Crippen LogP contribution in [0, 0.1) is 0 Å². The van der Waals surface area contributed by atoms with Crippen LogP contribution in [0.4, 0.5) is 0 Å². The molecule has 0 aliphatic rings. The van der Waals surface area contributed by atoms with Crippen LogP contribution in [0.1, 0.15) is 65.2 Å². The summed E-state index contributed by atoms with van der Waals surface area (Å²) < 4.78 is 5.50. The van der Waals surface area contributed by atoms with Gasteiger partial charge in [-0.1, -0.05) is 32.6 Å². The van der Waals surface area contributed by atoms with Crippen LogP contribution in [-0.2, 0) is 9.53 Å². The van der Waals surface area contributed by atoms with E-state index >= 15 is 0 Å². The number of ether oxygens (including phenoxy) is 1. The number of carboxylic acids is 1. The van der Waals surface area contributed by atoms with Gasteiger partial charge in [-0.3, -0.25) is 4.79 Å². The number of hydrogen-bond donors (Lipinski definition) is 2. The third-order valence-electron chi connectivity index (χ3n) is 3.12. The standard InChI is InChI=1S/C14H29NO3/c1-3-4-5-6-8-11-18-12-9-7-10-14(2,15)13(16)17/h3-12,15H2,1-2H3,(H,16,17). The molecule has 0 rings (SSSR count). The van der Waals surface area contributed by atoms with Gasteiger partial charge in [-0.25, -0.2) is 0 Å². The number of carbonyl (C=O) groups is 1. The number of carboxylic acid groups (broad SMARTS) is 1. The lowest BCUT2D eigenvalue weighted by Crippen LogP contribution is -2.44. The summed E-state index contributed by atoms with van der Waals surface area (Å²) in [5.41, 5.74) is 4.53. The number of nitrogens with two attached hydrogens (primary N) is 1. The molecule has 0 spiro atoms. The SMILES string of the molecule is CCCCCCCOCCCCC(C)(N)C(=O)O. The molecule has 1 atom stereocenters. The number of hydrogen-bond acceptors (Lipinski definition) is 3. The van der Waals surface area contributed by atoms with E-state index in [-0.39, 0.29) is 0 Å². The summed E-state index contributed by atoms with van der Waals surface area (Å²) >= 11 is 0. The van der Waals surface area contributed by atoms with E-state index in [1.165, 1.54) is 25.7 Å². The minimum atomic E-state index is -1.10. The second kappa shape index (κ2) is 10.3. The van der Waals surface area contributed by atoms with E-state index < -0.39 is 11.5 Å². The molecule has 0 aromatic carbocycles. The zero-order valence-electron chi connectivity index (χ0n) is 11.9. The Bertz CT molecular complexity index is 217. The summed E-state index contributed by atoms with van der Waals surface area (Å²) in [6, 6.07) is 0. The lowest BCUT2D eigenvalue weighted by Gasteiger charge is -2.18. The molecule has 0 aliphatic carbocycles. The van der Waals surface area contributed by atoms with Crippen molar-refractivity contribution in [3.63, 3.8) is 0 Å². The summed E-state index contributed by atoms with van der Waals surface area (Å²) in [6.45, 7) is 5.30. The molecule has 3 N–H and O–H groups in total. The molecule has 4 nitrogen and oxygen atoms in total. The van der Waals surface area contributed by atoms with Crippen molar-refractivity contribution in [2.45, 2.75) is 70.8 Å². The van der Waals surface area contributed by atoms with Gasteiger partial charge in [0.05, 0.1) is 0 Å². The summed E-state index contributed by atoms with van der Waals surface area (Å²) in [6.07, 6.45) is 8.43. The Hall–Kier alpha value is -0.610. The van der Waals surface area contributed by atoms with Crippen molar-refractivity contribution < 1.29 is 14.6 Å². The molecule has 0 aliphatic heterocycles. The molecule has 0 heterocycles. The van der Waals surface area contributed by atoms with Gasteiger partial charge in [0.2, 0.25) is 0 Å². The van der Waals surface area contributed by atoms with Crippen LogP contribution in [0.25, 0.3) is 0 Å². The van der Waals surface area contributed by atoms with E-state index in [0.29, 0.717) is 13.0 Å². The quantitative estimate of drug-likeness (QED) is 0.528. The van der Waals surface area contributed by atoms with Crippen molar-refractivity contribution in [3.05, 3.63) is 0 Å². The monoisotopic (exact) mass is 259 g/mol. The van der Waals surface area contributed by atoms with E-state index in [9.17, 15) is 4.79 Å². The first-order valence-electron chi connectivity index (χ1n) is 7.10. The van der Waals surface area contributed by atoms with Crippen molar-refractivity contribution in [1.29, 1.82) is 0 Å². The molecule has 0 fully saturated rings.